The third kappa shape index (κ3) is 5.40. The van der Waals surface area contributed by atoms with Crippen LogP contribution in [0.4, 0.5) is 10.5 Å². The molecule has 174 valence electrons. The molecule has 0 aliphatic carbocycles. The SMILES string of the molecule is CCN(CC)Cc1cccn1-c1ccc(N2C[C@H](CNC(=O)c3ccc(Cl)s3)OC2=O)cc1. The first-order valence-electron chi connectivity index (χ1n) is 11.0. The maximum absolute atomic E-state index is 12.4. The van der Waals surface area contributed by atoms with Crippen LogP contribution in [-0.2, 0) is 11.3 Å². The molecule has 1 aliphatic rings. The summed E-state index contributed by atoms with van der Waals surface area (Å²) in [6.45, 7) is 7.83. The van der Waals surface area contributed by atoms with Crippen LogP contribution in [0.15, 0.2) is 54.7 Å². The number of rotatable bonds is 9. The monoisotopic (exact) mass is 486 g/mol. The Labute approximate surface area is 202 Å². The van der Waals surface area contributed by atoms with Crippen molar-refractivity contribution in [2.24, 2.45) is 0 Å². The summed E-state index contributed by atoms with van der Waals surface area (Å²) in [4.78, 5) is 29.1. The minimum Gasteiger partial charge on any atom is -0.442 e. The average molecular weight is 487 g/mol. The van der Waals surface area contributed by atoms with E-state index in [1.54, 1.807) is 17.0 Å². The highest BCUT2D eigenvalue weighted by atomic mass is 35.5. The number of aromatic nitrogens is 1. The summed E-state index contributed by atoms with van der Waals surface area (Å²) in [7, 11) is 0. The molecular formula is C24H27ClN4O3S. The number of hydrogen-bond donors (Lipinski definition) is 1. The first-order valence-corrected chi connectivity index (χ1v) is 12.2. The van der Waals surface area contributed by atoms with E-state index in [-0.39, 0.29) is 12.5 Å². The molecule has 7 nitrogen and oxygen atoms in total. The number of carbonyl (C=O) groups excluding carboxylic acids is 2. The lowest BCUT2D eigenvalue weighted by molar-refractivity contribution is 0.0920. The first-order chi connectivity index (χ1) is 16.0. The summed E-state index contributed by atoms with van der Waals surface area (Å²) in [6, 6.07) is 15.4. The first kappa shape index (κ1) is 23.4. The van der Waals surface area contributed by atoms with Gasteiger partial charge in [0.05, 0.1) is 22.3 Å². The van der Waals surface area contributed by atoms with E-state index in [1.807, 2.05) is 30.3 Å². The zero-order valence-electron chi connectivity index (χ0n) is 18.7. The number of cyclic esters (lactones) is 1. The third-order valence-corrected chi connectivity index (χ3v) is 6.94. The zero-order chi connectivity index (χ0) is 23.4. The summed E-state index contributed by atoms with van der Waals surface area (Å²) < 4.78 is 8.17. The van der Waals surface area contributed by atoms with Gasteiger partial charge in [-0.2, -0.15) is 0 Å². The summed E-state index contributed by atoms with van der Waals surface area (Å²) in [5.74, 6) is -0.224. The van der Waals surface area contributed by atoms with Gasteiger partial charge in [0.1, 0.15) is 6.10 Å². The van der Waals surface area contributed by atoms with E-state index in [2.05, 4.69) is 40.9 Å². The second-order valence-electron chi connectivity index (χ2n) is 7.78. The number of nitrogens with zero attached hydrogens (tertiary/aromatic N) is 3. The summed E-state index contributed by atoms with van der Waals surface area (Å²) in [5.41, 5.74) is 3.02. The van der Waals surface area contributed by atoms with Gasteiger partial charge in [-0.25, -0.2) is 4.79 Å². The molecule has 9 heteroatoms. The van der Waals surface area contributed by atoms with Gasteiger partial charge in [0.25, 0.3) is 5.91 Å². The molecule has 0 bridgehead atoms. The van der Waals surface area contributed by atoms with Crippen molar-refractivity contribution < 1.29 is 14.3 Å². The lowest BCUT2D eigenvalue weighted by Crippen LogP contribution is -2.34. The smallest absolute Gasteiger partial charge is 0.414 e. The van der Waals surface area contributed by atoms with Gasteiger partial charge >= 0.3 is 6.09 Å². The lowest BCUT2D eigenvalue weighted by Gasteiger charge is -2.20. The van der Waals surface area contributed by atoms with Gasteiger partial charge in [-0.1, -0.05) is 25.4 Å². The van der Waals surface area contributed by atoms with Gasteiger partial charge < -0.3 is 14.6 Å². The van der Waals surface area contributed by atoms with Crippen molar-refractivity contribution in [3.8, 4) is 5.69 Å². The maximum atomic E-state index is 12.4. The third-order valence-electron chi connectivity index (χ3n) is 5.71. The van der Waals surface area contributed by atoms with E-state index in [9.17, 15) is 9.59 Å². The summed E-state index contributed by atoms with van der Waals surface area (Å²) in [5, 5.41) is 2.81. The molecule has 3 aromatic rings. The van der Waals surface area contributed by atoms with Gasteiger partial charge in [-0.05, 0) is 61.6 Å². The van der Waals surface area contributed by atoms with Crippen LogP contribution in [-0.4, -0.2) is 53.8 Å². The topological polar surface area (TPSA) is 66.8 Å². The van der Waals surface area contributed by atoms with Crippen molar-refractivity contribution >= 4 is 40.6 Å². The van der Waals surface area contributed by atoms with Crippen LogP contribution < -0.4 is 10.2 Å². The normalized spacial score (nSPS) is 15.8. The summed E-state index contributed by atoms with van der Waals surface area (Å²) >= 11 is 7.10. The number of anilines is 1. The molecule has 1 aromatic carbocycles. The predicted octanol–water partition coefficient (Wildman–Crippen LogP) is 4.79. The highest BCUT2D eigenvalue weighted by Crippen LogP contribution is 2.25. The Morgan fingerprint density at radius 3 is 2.55 bits per heavy atom. The van der Waals surface area contributed by atoms with Crippen LogP contribution in [0.2, 0.25) is 4.34 Å². The molecule has 33 heavy (non-hydrogen) atoms. The van der Waals surface area contributed by atoms with E-state index in [1.165, 1.54) is 17.0 Å². The Kier molecular flexibility index (Phi) is 7.37. The van der Waals surface area contributed by atoms with Crippen LogP contribution >= 0.6 is 22.9 Å². The average Bonchev–Trinajstić information content (AvgIpc) is 3.56. The quantitative estimate of drug-likeness (QED) is 0.472. The molecule has 1 aliphatic heterocycles. The van der Waals surface area contributed by atoms with Gasteiger partial charge in [-0.15, -0.1) is 11.3 Å². The molecule has 2 amide bonds. The second-order valence-corrected chi connectivity index (χ2v) is 9.49. The largest absolute Gasteiger partial charge is 0.442 e. The van der Waals surface area contributed by atoms with Crippen molar-refractivity contribution in [2.75, 3.05) is 31.1 Å². The van der Waals surface area contributed by atoms with Crippen molar-refractivity contribution in [1.82, 2.24) is 14.8 Å². The Balaban J connectivity index is 1.38. The second kappa shape index (κ2) is 10.4. The number of thiophene rings is 1. The molecule has 0 saturated carbocycles. The maximum Gasteiger partial charge on any atom is 0.414 e. The zero-order valence-corrected chi connectivity index (χ0v) is 20.2. The van der Waals surface area contributed by atoms with Crippen LogP contribution in [0.3, 0.4) is 0 Å². The molecule has 1 atom stereocenters. The number of nitrogens with one attached hydrogen (secondary N) is 1. The lowest BCUT2D eigenvalue weighted by atomic mass is 10.2. The van der Waals surface area contributed by atoms with E-state index in [0.29, 0.717) is 15.8 Å². The highest BCUT2D eigenvalue weighted by molar-refractivity contribution is 7.18. The fraction of sp³-hybridized carbons (Fsp3) is 0.333. The van der Waals surface area contributed by atoms with E-state index in [0.717, 1.165) is 31.0 Å². The highest BCUT2D eigenvalue weighted by Gasteiger charge is 2.32. The number of halogens is 1. The Hall–Kier alpha value is -2.81. The number of carbonyl (C=O) groups is 2. The molecule has 1 fully saturated rings. The van der Waals surface area contributed by atoms with Gasteiger partial charge in [0, 0.05) is 29.8 Å². The molecule has 1 N–H and O–H groups in total. The Bertz CT molecular complexity index is 1110. The van der Waals surface area contributed by atoms with E-state index >= 15 is 0 Å². The van der Waals surface area contributed by atoms with Crippen molar-refractivity contribution in [1.29, 1.82) is 0 Å². The van der Waals surface area contributed by atoms with Crippen molar-refractivity contribution in [3.63, 3.8) is 0 Å². The molecule has 3 heterocycles. The van der Waals surface area contributed by atoms with E-state index in [4.69, 9.17) is 16.3 Å². The fourth-order valence-electron chi connectivity index (χ4n) is 3.84. The molecule has 0 unspecified atom stereocenters. The minimum atomic E-state index is -0.415. The molecular weight excluding hydrogens is 460 g/mol. The van der Waals surface area contributed by atoms with Crippen LogP contribution in [0.1, 0.15) is 29.2 Å². The van der Waals surface area contributed by atoms with Crippen LogP contribution in [0, 0.1) is 0 Å². The molecule has 0 radical (unpaired) electrons. The Morgan fingerprint density at radius 2 is 1.88 bits per heavy atom. The number of hydrogen-bond acceptors (Lipinski definition) is 5. The standard InChI is InChI=1S/C24H27ClN4O3S/c1-3-27(4-2)15-19-6-5-13-28(19)17-7-9-18(10-8-17)29-16-20(32-24(29)31)14-26-23(30)21-11-12-22(25)33-21/h5-13,20H,3-4,14-16H2,1-2H3,(H,26,30)/t20-/m0/s1. The molecule has 0 spiro atoms. The van der Waals surface area contributed by atoms with Crippen molar-refractivity contribution in [3.05, 3.63) is 69.6 Å². The Morgan fingerprint density at radius 1 is 1.15 bits per heavy atom. The summed E-state index contributed by atoms with van der Waals surface area (Å²) in [6.07, 6.45) is 1.23. The van der Waals surface area contributed by atoms with Gasteiger partial charge in [0.15, 0.2) is 0 Å². The predicted molar refractivity (Wildman–Crippen MR) is 132 cm³/mol. The van der Waals surface area contributed by atoms with Crippen LogP contribution in [0.25, 0.3) is 5.69 Å². The van der Waals surface area contributed by atoms with Crippen LogP contribution in [0.5, 0.6) is 0 Å². The molecule has 2 aromatic heterocycles. The van der Waals surface area contributed by atoms with E-state index < -0.39 is 12.2 Å². The van der Waals surface area contributed by atoms with Crippen molar-refractivity contribution in [2.45, 2.75) is 26.5 Å². The minimum absolute atomic E-state index is 0.224. The van der Waals surface area contributed by atoms with Gasteiger partial charge in [-0.3, -0.25) is 14.6 Å². The number of ether oxygens (including phenoxy) is 1. The molecule has 4 rings (SSSR count). The number of benzene rings is 1. The number of amides is 2. The molecule has 1 saturated heterocycles. The van der Waals surface area contributed by atoms with Gasteiger partial charge in [0.2, 0.25) is 0 Å². The fourth-order valence-corrected chi connectivity index (χ4v) is 4.79.